The lowest BCUT2D eigenvalue weighted by Crippen LogP contribution is -2.10. The Morgan fingerprint density at radius 3 is 2.61 bits per heavy atom. The Bertz CT molecular complexity index is 566. The fourth-order valence-corrected chi connectivity index (χ4v) is 3.02. The van der Waals surface area contributed by atoms with Crippen molar-refractivity contribution >= 4 is 23.6 Å². The van der Waals surface area contributed by atoms with Crippen LogP contribution in [0.15, 0.2) is 0 Å². The number of rotatable bonds is 5. The monoisotopic (exact) mass is 283 g/mol. The molecule has 0 bridgehead atoms. The van der Waals surface area contributed by atoms with Gasteiger partial charge in [-0.1, -0.05) is 13.3 Å². The van der Waals surface area contributed by atoms with Crippen molar-refractivity contribution in [1.29, 1.82) is 0 Å². The Kier molecular flexibility index (Phi) is 4.26. The number of H-pyrrole nitrogens is 2. The van der Waals surface area contributed by atoms with Gasteiger partial charge < -0.3 is 4.90 Å². The molecule has 2 heterocycles. The van der Waals surface area contributed by atoms with Crippen molar-refractivity contribution in [3.05, 3.63) is 15.5 Å². The third kappa shape index (κ3) is 3.04. The first-order chi connectivity index (χ1) is 8.60. The third-order valence-corrected chi connectivity index (χ3v) is 3.68. The molecule has 0 fully saturated rings. The molecule has 0 aromatic carbocycles. The maximum atomic E-state index is 5.00. The molecule has 0 spiro atoms. The fourth-order valence-electron chi connectivity index (χ4n) is 1.71. The SMILES string of the molecule is CCCc1nc(CN(C)C)sc1-c1nc(=S)[nH][nH]1. The lowest BCUT2D eigenvalue weighted by molar-refractivity contribution is 0.401. The van der Waals surface area contributed by atoms with Gasteiger partial charge in [-0.05, 0) is 32.7 Å². The Morgan fingerprint density at radius 2 is 2.06 bits per heavy atom. The molecule has 98 valence electrons. The molecule has 0 aliphatic rings. The van der Waals surface area contributed by atoms with Crippen molar-refractivity contribution in [2.45, 2.75) is 26.3 Å². The molecule has 0 amide bonds. The van der Waals surface area contributed by atoms with Gasteiger partial charge in [0.2, 0.25) is 4.77 Å². The summed E-state index contributed by atoms with van der Waals surface area (Å²) in [5, 5.41) is 6.95. The van der Waals surface area contributed by atoms with Crippen molar-refractivity contribution in [3.63, 3.8) is 0 Å². The number of hydrogen-bond acceptors (Lipinski definition) is 5. The summed E-state index contributed by atoms with van der Waals surface area (Å²) < 4.78 is 0.481. The zero-order valence-electron chi connectivity index (χ0n) is 10.8. The highest BCUT2D eigenvalue weighted by atomic mass is 32.1. The second-order valence-corrected chi connectivity index (χ2v) is 5.86. The van der Waals surface area contributed by atoms with Crippen molar-refractivity contribution in [3.8, 4) is 10.7 Å². The second kappa shape index (κ2) is 5.73. The van der Waals surface area contributed by atoms with E-state index in [1.165, 1.54) is 0 Å². The van der Waals surface area contributed by atoms with E-state index >= 15 is 0 Å². The lowest BCUT2D eigenvalue weighted by atomic mass is 10.2. The first-order valence-corrected chi connectivity index (χ1v) is 7.11. The van der Waals surface area contributed by atoms with Crippen molar-refractivity contribution in [2.24, 2.45) is 0 Å². The van der Waals surface area contributed by atoms with Gasteiger partial charge in [-0.15, -0.1) is 11.3 Å². The number of aryl methyl sites for hydroxylation is 1. The molecular formula is C11H17N5S2. The van der Waals surface area contributed by atoms with E-state index < -0.39 is 0 Å². The summed E-state index contributed by atoms with van der Waals surface area (Å²) in [6, 6.07) is 0. The Labute approximate surface area is 115 Å². The zero-order chi connectivity index (χ0) is 13.1. The molecule has 7 heteroatoms. The van der Waals surface area contributed by atoms with Gasteiger partial charge in [-0.3, -0.25) is 10.2 Å². The van der Waals surface area contributed by atoms with Gasteiger partial charge in [-0.25, -0.2) is 4.98 Å². The van der Waals surface area contributed by atoms with Crippen LogP contribution in [0.1, 0.15) is 24.0 Å². The van der Waals surface area contributed by atoms with Crippen LogP contribution in [0.4, 0.5) is 0 Å². The van der Waals surface area contributed by atoms with Crippen LogP contribution in [0.25, 0.3) is 10.7 Å². The van der Waals surface area contributed by atoms with Gasteiger partial charge >= 0.3 is 0 Å². The first-order valence-electron chi connectivity index (χ1n) is 5.88. The smallest absolute Gasteiger partial charge is 0.213 e. The summed E-state index contributed by atoms with van der Waals surface area (Å²) >= 11 is 6.68. The van der Waals surface area contributed by atoms with E-state index in [0.717, 1.165) is 40.8 Å². The Hall–Kier alpha value is -1.05. The van der Waals surface area contributed by atoms with Crippen LogP contribution in [-0.2, 0) is 13.0 Å². The summed E-state index contributed by atoms with van der Waals surface area (Å²) in [6.07, 6.45) is 2.04. The van der Waals surface area contributed by atoms with Crippen molar-refractivity contribution in [1.82, 2.24) is 25.1 Å². The molecular weight excluding hydrogens is 266 g/mol. The molecule has 0 aliphatic heterocycles. The maximum absolute atomic E-state index is 5.00. The van der Waals surface area contributed by atoms with Gasteiger partial charge in [0, 0.05) is 6.54 Å². The minimum atomic E-state index is 0.481. The highest BCUT2D eigenvalue weighted by molar-refractivity contribution is 7.71. The molecule has 0 atom stereocenters. The van der Waals surface area contributed by atoms with Gasteiger partial charge in [0.05, 0.1) is 10.6 Å². The summed E-state index contributed by atoms with van der Waals surface area (Å²) in [4.78, 5) is 12.2. The predicted octanol–water partition coefficient (Wildman–Crippen LogP) is 2.60. The summed E-state index contributed by atoms with van der Waals surface area (Å²) in [6.45, 7) is 3.01. The highest BCUT2D eigenvalue weighted by Crippen LogP contribution is 2.29. The van der Waals surface area contributed by atoms with E-state index in [-0.39, 0.29) is 0 Å². The van der Waals surface area contributed by atoms with E-state index in [0.29, 0.717) is 4.77 Å². The molecule has 18 heavy (non-hydrogen) atoms. The van der Waals surface area contributed by atoms with Crippen LogP contribution < -0.4 is 0 Å². The normalized spacial score (nSPS) is 11.3. The molecule has 0 aliphatic carbocycles. The largest absolute Gasteiger partial charge is 0.303 e. The minimum Gasteiger partial charge on any atom is -0.303 e. The standard InChI is InChI=1S/C11H17N5S2/c1-4-5-7-9(10-13-11(17)15-14-10)18-8(12-7)6-16(2)3/h4-6H2,1-3H3,(H2,13,14,15,17). The number of aromatic amines is 2. The Balaban J connectivity index is 2.37. The van der Waals surface area contributed by atoms with Crippen LogP contribution in [0.3, 0.4) is 0 Å². The molecule has 2 N–H and O–H groups in total. The van der Waals surface area contributed by atoms with E-state index in [9.17, 15) is 0 Å². The fraction of sp³-hybridized carbons (Fsp3) is 0.545. The third-order valence-electron chi connectivity index (χ3n) is 2.40. The van der Waals surface area contributed by atoms with Gasteiger partial charge in [0.15, 0.2) is 5.82 Å². The number of hydrogen-bond donors (Lipinski definition) is 2. The van der Waals surface area contributed by atoms with Crippen LogP contribution >= 0.6 is 23.6 Å². The summed E-state index contributed by atoms with van der Waals surface area (Å²) in [7, 11) is 4.09. The molecule has 5 nitrogen and oxygen atoms in total. The summed E-state index contributed by atoms with van der Waals surface area (Å²) in [5.74, 6) is 0.797. The van der Waals surface area contributed by atoms with Crippen molar-refractivity contribution in [2.75, 3.05) is 14.1 Å². The second-order valence-electron chi connectivity index (χ2n) is 4.39. The molecule has 0 radical (unpaired) electrons. The first kappa shape index (κ1) is 13.4. The predicted molar refractivity (Wildman–Crippen MR) is 76.3 cm³/mol. The van der Waals surface area contributed by atoms with Gasteiger partial charge in [0.25, 0.3) is 0 Å². The number of thiazole rings is 1. The average molecular weight is 283 g/mol. The minimum absolute atomic E-state index is 0.481. The lowest BCUT2D eigenvalue weighted by Gasteiger charge is -2.04. The highest BCUT2D eigenvalue weighted by Gasteiger charge is 2.15. The van der Waals surface area contributed by atoms with Crippen LogP contribution in [0.2, 0.25) is 0 Å². The molecule has 0 unspecified atom stereocenters. The molecule has 0 saturated carbocycles. The van der Waals surface area contributed by atoms with Gasteiger partial charge in [-0.2, -0.15) is 4.98 Å². The maximum Gasteiger partial charge on any atom is 0.213 e. The zero-order valence-corrected chi connectivity index (χ0v) is 12.4. The van der Waals surface area contributed by atoms with Gasteiger partial charge in [0.1, 0.15) is 5.01 Å². The number of nitrogens with one attached hydrogen (secondary N) is 2. The van der Waals surface area contributed by atoms with E-state index in [2.05, 4.69) is 27.0 Å². The number of nitrogens with zero attached hydrogens (tertiary/aromatic N) is 3. The molecule has 0 saturated heterocycles. The molecule has 2 aromatic rings. The molecule has 2 aromatic heterocycles. The molecule has 2 rings (SSSR count). The van der Waals surface area contributed by atoms with Crippen molar-refractivity contribution < 1.29 is 0 Å². The van der Waals surface area contributed by atoms with Crippen LogP contribution in [-0.4, -0.2) is 39.2 Å². The van der Waals surface area contributed by atoms with Crippen LogP contribution in [0.5, 0.6) is 0 Å². The van der Waals surface area contributed by atoms with E-state index in [1.807, 2.05) is 14.1 Å². The van der Waals surface area contributed by atoms with E-state index in [1.54, 1.807) is 11.3 Å². The summed E-state index contributed by atoms with van der Waals surface area (Å²) in [5.41, 5.74) is 1.11. The topological polar surface area (TPSA) is 60.6 Å². The average Bonchev–Trinajstić information content (AvgIpc) is 2.85. The van der Waals surface area contributed by atoms with Crippen LogP contribution in [0, 0.1) is 4.77 Å². The Morgan fingerprint density at radius 1 is 1.28 bits per heavy atom. The van der Waals surface area contributed by atoms with E-state index in [4.69, 9.17) is 17.2 Å². The quantitative estimate of drug-likeness (QED) is 0.828. The number of aromatic nitrogens is 4.